The van der Waals surface area contributed by atoms with Crippen molar-refractivity contribution in [2.24, 2.45) is 17.3 Å². The quantitative estimate of drug-likeness (QED) is 0.833. The molecule has 2 atom stereocenters. The molecule has 0 bridgehead atoms. The Morgan fingerprint density at radius 3 is 2.32 bits per heavy atom. The zero-order valence-corrected chi connectivity index (χ0v) is 11.1. The molecule has 100 valence electrons. The summed E-state index contributed by atoms with van der Waals surface area (Å²) in [6.07, 6.45) is 0. The van der Waals surface area contributed by atoms with E-state index in [1.807, 2.05) is 38.1 Å². The van der Waals surface area contributed by atoms with Gasteiger partial charge in [0.2, 0.25) is 11.8 Å². The van der Waals surface area contributed by atoms with E-state index in [1.165, 1.54) is 4.90 Å². The van der Waals surface area contributed by atoms with Crippen LogP contribution in [0, 0.1) is 17.3 Å². The number of nitrogens with zero attached hydrogens (tertiary/aromatic N) is 1. The Hall–Kier alpha value is -1.68. The van der Waals surface area contributed by atoms with Crippen molar-refractivity contribution < 1.29 is 14.7 Å². The van der Waals surface area contributed by atoms with Crippen molar-refractivity contribution >= 4 is 11.8 Å². The number of carbonyl (C=O) groups is 2. The molecule has 0 spiro atoms. The molecule has 1 saturated carbocycles. The Bertz CT molecular complexity index is 540. The summed E-state index contributed by atoms with van der Waals surface area (Å²) in [5.41, 5.74) is 1.52. The van der Waals surface area contributed by atoms with Gasteiger partial charge >= 0.3 is 0 Å². The van der Waals surface area contributed by atoms with E-state index >= 15 is 0 Å². The molecule has 2 aliphatic rings. The van der Waals surface area contributed by atoms with E-state index in [2.05, 4.69) is 0 Å². The van der Waals surface area contributed by atoms with E-state index < -0.39 is 0 Å². The fourth-order valence-electron chi connectivity index (χ4n) is 3.17. The minimum Gasteiger partial charge on any atom is -0.392 e. The number of imide groups is 1. The third-order valence-electron chi connectivity index (χ3n) is 4.41. The highest BCUT2D eigenvalue weighted by molar-refractivity contribution is 6.10. The van der Waals surface area contributed by atoms with E-state index in [0.29, 0.717) is 6.54 Å². The normalized spacial score (nSPS) is 27.6. The van der Waals surface area contributed by atoms with E-state index in [-0.39, 0.29) is 35.7 Å². The van der Waals surface area contributed by atoms with Gasteiger partial charge in [0.1, 0.15) is 0 Å². The van der Waals surface area contributed by atoms with Gasteiger partial charge in [-0.3, -0.25) is 14.5 Å². The van der Waals surface area contributed by atoms with Crippen LogP contribution in [0.1, 0.15) is 25.0 Å². The van der Waals surface area contributed by atoms with Gasteiger partial charge in [0, 0.05) is 0 Å². The van der Waals surface area contributed by atoms with Gasteiger partial charge < -0.3 is 5.11 Å². The number of amides is 2. The summed E-state index contributed by atoms with van der Waals surface area (Å²) in [6.45, 7) is 4.23. The lowest BCUT2D eigenvalue weighted by atomic mass is 10.0. The van der Waals surface area contributed by atoms with Crippen molar-refractivity contribution in [1.29, 1.82) is 0 Å². The summed E-state index contributed by atoms with van der Waals surface area (Å²) in [7, 11) is 0. The first-order valence-corrected chi connectivity index (χ1v) is 6.50. The number of aliphatic hydroxyl groups is 1. The monoisotopic (exact) mass is 259 g/mol. The van der Waals surface area contributed by atoms with Gasteiger partial charge in [-0.25, -0.2) is 0 Å². The number of hydrogen-bond donors (Lipinski definition) is 1. The van der Waals surface area contributed by atoms with Crippen LogP contribution in [0.3, 0.4) is 0 Å². The number of likely N-dealkylation sites (tertiary alicyclic amines) is 1. The van der Waals surface area contributed by atoms with Crippen LogP contribution in [-0.4, -0.2) is 21.8 Å². The molecule has 1 aliphatic carbocycles. The molecule has 1 aromatic rings. The topological polar surface area (TPSA) is 57.6 Å². The molecular formula is C15H17NO3. The van der Waals surface area contributed by atoms with Crippen molar-refractivity contribution in [3.63, 3.8) is 0 Å². The average molecular weight is 259 g/mol. The second-order valence-electron chi connectivity index (χ2n) is 6.02. The second-order valence-corrected chi connectivity index (χ2v) is 6.02. The van der Waals surface area contributed by atoms with Crippen molar-refractivity contribution in [2.45, 2.75) is 27.0 Å². The van der Waals surface area contributed by atoms with Gasteiger partial charge in [0.05, 0.1) is 25.0 Å². The lowest BCUT2D eigenvalue weighted by Gasteiger charge is -2.20. The highest BCUT2D eigenvalue weighted by Crippen LogP contribution is 2.63. The van der Waals surface area contributed by atoms with Gasteiger partial charge in [0.25, 0.3) is 0 Å². The summed E-state index contributed by atoms with van der Waals surface area (Å²) in [4.78, 5) is 25.7. The van der Waals surface area contributed by atoms with Crippen LogP contribution in [0.2, 0.25) is 0 Å². The zero-order chi connectivity index (χ0) is 13.8. The molecule has 1 aromatic carbocycles. The molecule has 2 unspecified atom stereocenters. The predicted molar refractivity (Wildman–Crippen MR) is 68.7 cm³/mol. The molecule has 1 saturated heterocycles. The van der Waals surface area contributed by atoms with Crippen LogP contribution in [0.5, 0.6) is 0 Å². The first-order valence-electron chi connectivity index (χ1n) is 6.50. The minimum atomic E-state index is -0.155. The number of rotatable bonds is 3. The van der Waals surface area contributed by atoms with Crippen LogP contribution in [-0.2, 0) is 22.7 Å². The maximum atomic E-state index is 12.2. The Kier molecular flexibility index (Phi) is 2.54. The number of fused-ring (bicyclic) bond motifs is 1. The summed E-state index contributed by atoms with van der Waals surface area (Å²) in [5.74, 6) is -0.342. The highest BCUT2D eigenvalue weighted by Gasteiger charge is 2.72. The molecule has 1 heterocycles. The van der Waals surface area contributed by atoms with E-state index in [0.717, 1.165) is 11.1 Å². The number of aliphatic hydroxyl groups excluding tert-OH is 1. The number of benzene rings is 1. The summed E-state index contributed by atoms with van der Waals surface area (Å²) < 4.78 is 0. The van der Waals surface area contributed by atoms with Crippen LogP contribution in [0.4, 0.5) is 0 Å². The third kappa shape index (κ3) is 1.70. The molecular weight excluding hydrogens is 242 g/mol. The summed E-state index contributed by atoms with van der Waals surface area (Å²) in [6, 6.07) is 7.35. The Morgan fingerprint density at radius 1 is 1.16 bits per heavy atom. The number of hydrogen-bond acceptors (Lipinski definition) is 3. The Labute approximate surface area is 112 Å². The van der Waals surface area contributed by atoms with E-state index in [9.17, 15) is 9.59 Å². The molecule has 0 radical (unpaired) electrons. The standard InChI is InChI=1S/C15H17NO3/c1-15(2)11-12(15)14(19)16(13(11)18)7-9-4-3-5-10(6-9)8-17/h3-6,11-12,17H,7-8H2,1-2H3. The molecule has 1 N–H and O–H groups in total. The zero-order valence-electron chi connectivity index (χ0n) is 11.1. The molecule has 4 heteroatoms. The number of piperidine rings is 1. The Morgan fingerprint density at radius 2 is 1.74 bits per heavy atom. The van der Waals surface area contributed by atoms with Gasteiger partial charge in [-0.05, 0) is 16.5 Å². The largest absolute Gasteiger partial charge is 0.392 e. The predicted octanol–water partition coefficient (Wildman–Crippen LogP) is 1.32. The van der Waals surface area contributed by atoms with E-state index in [4.69, 9.17) is 5.11 Å². The maximum Gasteiger partial charge on any atom is 0.233 e. The second kappa shape index (κ2) is 3.90. The molecule has 2 fully saturated rings. The summed E-state index contributed by atoms with van der Waals surface area (Å²) >= 11 is 0. The molecule has 2 amide bonds. The first-order chi connectivity index (χ1) is 8.96. The molecule has 4 nitrogen and oxygen atoms in total. The average Bonchev–Trinajstić information content (AvgIpc) is 2.86. The lowest BCUT2D eigenvalue weighted by molar-refractivity contribution is -0.143. The summed E-state index contributed by atoms with van der Waals surface area (Å²) in [5, 5.41) is 9.10. The highest BCUT2D eigenvalue weighted by atomic mass is 16.3. The fourth-order valence-corrected chi connectivity index (χ4v) is 3.17. The number of carbonyl (C=O) groups excluding carboxylic acids is 2. The van der Waals surface area contributed by atoms with E-state index in [1.54, 1.807) is 0 Å². The Balaban J connectivity index is 1.79. The van der Waals surface area contributed by atoms with Gasteiger partial charge in [-0.15, -0.1) is 0 Å². The molecule has 3 rings (SSSR count). The van der Waals surface area contributed by atoms with Crippen molar-refractivity contribution in [1.82, 2.24) is 4.90 Å². The lowest BCUT2D eigenvalue weighted by Crippen LogP contribution is -2.35. The minimum absolute atomic E-state index is 0.0337. The van der Waals surface area contributed by atoms with Gasteiger partial charge in [-0.2, -0.15) is 0 Å². The van der Waals surface area contributed by atoms with Crippen LogP contribution in [0.25, 0.3) is 0 Å². The molecule has 0 aromatic heterocycles. The first kappa shape index (κ1) is 12.4. The van der Waals surface area contributed by atoms with Crippen molar-refractivity contribution in [3.05, 3.63) is 35.4 Å². The van der Waals surface area contributed by atoms with Crippen LogP contribution < -0.4 is 0 Å². The SMILES string of the molecule is CC1(C)C2C(=O)N(Cc3cccc(CO)c3)C(=O)C21. The maximum absolute atomic E-state index is 12.2. The third-order valence-corrected chi connectivity index (χ3v) is 4.41. The van der Waals surface area contributed by atoms with Crippen molar-refractivity contribution in [2.75, 3.05) is 0 Å². The van der Waals surface area contributed by atoms with Gasteiger partial charge in [-0.1, -0.05) is 38.1 Å². The molecule has 1 aliphatic heterocycles. The van der Waals surface area contributed by atoms with Crippen molar-refractivity contribution in [3.8, 4) is 0 Å². The van der Waals surface area contributed by atoms with Crippen LogP contribution in [0.15, 0.2) is 24.3 Å². The van der Waals surface area contributed by atoms with Crippen LogP contribution >= 0.6 is 0 Å². The smallest absolute Gasteiger partial charge is 0.233 e. The fraction of sp³-hybridized carbons (Fsp3) is 0.467. The molecule has 19 heavy (non-hydrogen) atoms. The van der Waals surface area contributed by atoms with Gasteiger partial charge in [0.15, 0.2) is 0 Å².